The van der Waals surface area contributed by atoms with Crippen LogP contribution in [0.25, 0.3) is 0 Å². The normalized spacial score (nSPS) is 16.8. The van der Waals surface area contributed by atoms with E-state index in [2.05, 4.69) is 0 Å². The van der Waals surface area contributed by atoms with Crippen LogP contribution in [-0.2, 0) is 4.79 Å². The molecule has 4 heteroatoms. The van der Waals surface area contributed by atoms with E-state index in [0.717, 1.165) is 24.9 Å². The Bertz CT molecular complexity index is 436. The molecule has 1 aromatic rings. The molecule has 0 saturated heterocycles. The molecular weight excluding hydrogens is 228 g/mol. The molecule has 18 heavy (non-hydrogen) atoms. The minimum absolute atomic E-state index is 0.0979. The van der Waals surface area contributed by atoms with Crippen molar-refractivity contribution >= 4 is 11.6 Å². The van der Waals surface area contributed by atoms with Crippen LogP contribution < -0.4 is 15.4 Å². The van der Waals surface area contributed by atoms with Crippen molar-refractivity contribution in [2.24, 2.45) is 11.1 Å². The van der Waals surface area contributed by atoms with Gasteiger partial charge in [0.15, 0.2) is 0 Å². The molecule has 0 radical (unpaired) electrons. The summed E-state index contributed by atoms with van der Waals surface area (Å²) < 4.78 is 5.29. The maximum atomic E-state index is 12.5. The lowest BCUT2D eigenvalue weighted by atomic mass is 9.68. The minimum atomic E-state index is -0.352. The molecule has 0 atom stereocenters. The summed E-state index contributed by atoms with van der Waals surface area (Å²) in [6, 6.07) is 7.54. The average molecular weight is 248 g/mol. The summed E-state index contributed by atoms with van der Waals surface area (Å²) in [6.45, 7) is 0.422. The van der Waals surface area contributed by atoms with Gasteiger partial charge in [-0.15, -0.1) is 0 Å². The number of hydrogen-bond acceptors (Lipinski definition) is 3. The Balaban J connectivity index is 2.25. The van der Waals surface area contributed by atoms with Crippen LogP contribution in [0.15, 0.2) is 24.3 Å². The Labute approximate surface area is 108 Å². The molecule has 0 bridgehead atoms. The zero-order valence-electron chi connectivity index (χ0n) is 11.0. The SMILES string of the molecule is COc1ccccc1N(C)C(=O)C1(CN)CCC1. The second-order valence-corrected chi connectivity index (χ2v) is 4.87. The average Bonchev–Trinajstić information content (AvgIpc) is 2.37. The van der Waals surface area contributed by atoms with Crippen molar-refractivity contribution in [2.45, 2.75) is 19.3 Å². The zero-order valence-corrected chi connectivity index (χ0v) is 11.0. The van der Waals surface area contributed by atoms with E-state index in [4.69, 9.17) is 10.5 Å². The fraction of sp³-hybridized carbons (Fsp3) is 0.500. The second-order valence-electron chi connectivity index (χ2n) is 4.87. The van der Waals surface area contributed by atoms with Gasteiger partial charge in [-0.05, 0) is 25.0 Å². The third-order valence-corrected chi connectivity index (χ3v) is 3.91. The van der Waals surface area contributed by atoms with Crippen LogP contribution in [0, 0.1) is 5.41 Å². The number of hydrogen-bond donors (Lipinski definition) is 1. The van der Waals surface area contributed by atoms with Gasteiger partial charge in [-0.1, -0.05) is 18.6 Å². The largest absolute Gasteiger partial charge is 0.495 e. The molecular formula is C14H20N2O2. The van der Waals surface area contributed by atoms with Crippen molar-refractivity contribution in [1.29, 1.82) is 0 Å². The molecule has 0 aliphatic heterocycles. The maximum absolute atomic E-state index is 12.5. The van der Waals surface area contributed by atoms with E-state index in [1.807, 2.05) is 24.3 Å². The quantitative estimate of drug-likeness (QED) is 0.883. The smallest absolute Gasteiger partial charge is 0.234 e. The Kier molecular flexibility index (Phi) is 3.57. The highest BCUT2D eigenvalue weighted by atomic mass is 16.5. The van der Waals surface area contributed by atoms with Gasteiger partial charge in [0.1, 0.15) is 5.75 Å². The first-order valence-electron chi connectivity index (χ1n) is 6.26. The van der Waals surface area contributed by atoms with Gasteiger partial charge >= 0.3 is 0 Å². The molecule has 0 aromatic heterocycles. The van der Waals surface area contributed by atoms with E-state index in [1.54, 1.807) is 19.1 Å². The molecule has 0 spiro atoms. The lowest BCUT2D eigenvalue weighted by Crippen LogP contribution is -2.51. The first-order chi connectivity index (χ1) is 8.64. The van der Waals surface area contributed by atoms with Crippen LogP contribution in [0.5, 0.6) is 5.75 Å². The number of benzene rings is 1. The van der Waals surface area contributed by atoms with E-state index in [0.29, 0.717) is 12.3 Å². The summed E-state index contributed by atoms with van der Waals surface area (Å²) in [4.78, 5) is 14.2. The summed E-state index contributed by atoms with van der Waals surface area (Å²) in [5.41, 5.74) is 6.22. The van der Waals surface area contributed by atoms with Gasteiger partial charge in [-0.3, -0.25) is 4.79 Å². The molecule has 98 valence electrons. The van der Waals surface area contributed by atoms with Gasteiger partial charge in [0, 0.05) is 13.6 Å². The molecule has 1 amide bonds. The first kappa shape index (κ1) is 12.9. The molecule has 2 N–H and O–H groups in total. The number of carbonyl (C=O) groups is 1. The fourth-order valence-corrected chi connectivity index (χ4v) is 2.48. The van der Waals surface area contributed by atoms with Gasteiger partial charge in [-0.2, -0.15) is 0 Å². The third-order valence-electron chi connectivity index (χ3n) is 3.91. The summed E-state index contributed by atoms with van der Waals surface area (Å²) in [5, 5.41) is 0. The topological polar surface area (TPSA) is 55.6 Å². The van der Waals surface area contributed by atoms with Crippen LogP contribution in [0.2, 0.25) is 0 Å². The number of anilines is 1. The number of amides is 1. The fourth-order valence-electron chi connectivity index (χ4n) is 2.48. The number of nitrogens with two attached hydrogens (primary N) is 1. The maximum Gasteiger partial charge on any atom is 0.234 e. The summed E-state index contributed by atoms with van der Waals surface area (Å²) in [7, 11) is 3.40. The van der Waals surface area contributed by atoms with E-state index in [1.165, 1.54) is 0 Å². The first-order valence-corrected chi connectivity index (χ1v) is 6.26. The Morgan fingerprint density at radius 2 is 2.11 bits per heavy atom. The van der Waals surface area contributed by atoms with E-state index in [9.17, 15) is 4.79 Å². The van der Waals surface area contributed by atoms with Crippen molar-refractivity contribution in [3.8, 4) is 5.75 Å². The van der Waals surface area contributed by atoms with Gasteiger partial charge in [-0.25, -0.2) is 0 Å². The predicted octanol–water partition coefficient (Wildman–Crippen LogP) is 1.79. The van der Waals surface area contributed by atoms with Crippen LogP contribution in [-0.4, -0.2) is 26.6 Å². The third kappa shape index (κ3) is 1.97. The highest BCUT2D eigenvalue weighted by molar-refractivity contribution is 5.99. The molecule has 0 heterocycles. The van der Waals surface area contributed by atoms with Crippen molar-refractivity contribution in [3.63, 3.8) is 0 Å². The Hall–Kier alpha value is -1.55. The number of nitrogens with zero attached hydrogens (tertiary/aromatic N) is 1. The zero-order chi connectivity index (χ0) is 13.2. The lowest BCUT2D eigenvalue weighted by Gasteiger charge is -2.41. The molecule has 2 rings (SSSR count). The lowest BCUT2D eigenvalue weighted by molar-refractivity contribution is -0.131. The highest BCUT2D eigenvalue weighted by Gasteiger charge is 2.44. The number of carbonyl (C=O) groups excluding carboxylic acids is 1. The molecule has 0 unspecified atom stereocenters. The van der Waals surface area contributed by atoms with Gasteiger partial charge < -0.3 is 15.4 Å². The monoisotopic (exact) mass is 248 g/mol. The van der Waals surface area contributed by atoms with Crippen molar-refractivity contribution in [1.82, 2.24) is 0 Å². The highest BCUT2D eigenvalue weighted by Crippen LogP contribution is 2.42. The van der Waals surface area contributed by atoms with Crippen molar-refractivity contribution in [2.75, 3.05) is 25.6 Å². The molecule has 1 aliphatic rings. The molecule has 4 nitrogen and oxygen atoms in total. The number of methoxy groups -OCH3 is 1. The molecule has 1 aliphatic carbocycles. The van der Waals surface area contributed by atoms with Gasteiger partial charge in [0.2, 0.25) is 5.91 Å². The number of rotatable bonds is 4. The summed E-state index contributed by atoms with van der Waals surface area (Å²) >= 11 is 0. The van der Waals surface area contributed by atoms with Crippen molar-refractivity contribution in [3.05, 3.63) is 24.3 Å². The van der Waals surface area contributed by atoms with Crippen LogP contribution >= 0.6 is 0 Å². The van der Waals surface area contributed by atoms with Crippen LogP contribution in [0.1, 0.15) is 19.3 Å². The Morgan fingerprint density at radius 3 is 2.61 bits per heavy atom. The van der Waals surface area contributed by atoms with Crippen LogP contribution in [0.4, 0.5) is 5.69 Å². The summed E-state index contributed by atoms with van der Waals surface area (Å²) in [6.07, 6.45) is 2.87. The predicted molar refractivity (Wildman–Crippen MR) is 71.7 cm³/mol. The minimum Gasteiger partial charge on any atom is -0.495 e. The number of ether oxygens (including phenoxy) is 1. The van der Waals surface area contributed by atoms with E-state index in [-0.39, 0.29) is 11.3 Å². The van der Waals surface area contributed by atoms with E-state index >= 15 is 0 Å². The molecule has 1 aromatic carbocycles. The van der Waals surface area contributed by atoms with Gasteiger partial charge in [0.25, 0.3) is 0 Å². The standard InChI is InChI=1S/C14H20N2O2/c1-16(11-6-3-4-7-12(11)18-2)13(17)14(10-15)8-5-9-14/h3-4,6-7H,5,8-10,15H2,1-2H3. The van der Waals surface area contributed by atoms with Gasteiger partial charge in [0.05, 0.1) is 18.2 Å². The molecule has 1 fully saturated rings. The Morgan fingerprint density at radius 1 is 1.44 bits per heavy atom. The molecule has 1 saturated carbocycles. The number of para-hydroxylation sites is 2. The second kappa shape index (κ2) is 4.98. The summed E-state index contributed by atoms with van der Waals surface area (Å²) in [5.74, 6) is 0.806. The van der Waals surface area contributed by atoms with Crippen LogP contribution in [0.3, 0.4) is 0 Å². The van der Waals surface area contributed by atoms with E-state index < -0.39 is 0 Å². The van der Waals surface area contributed by atoms with Crippen molar-refractivity contribution < 1.29 is 9.53 Å².